The molecule has 0 saturated carbocycles. The first kappa shape index (κ1) is 23.9. The number of guanidine groups is 1. The van der Waals surface area contributed by atoms with Gasteiger partial charge in [-0.05, 0) is 36.1 Å². The Morgan fingerprint density at radius 1 is 1.07 bits per heavy atom. The van der Waals surface area contributed by atoms with E-state index in [9.17, 15) is 5.11 Å². The van der Waals surface area contributed by atoms with Gasteiger partial charge in [0.1, 0.15) is 0 Å². The predicted molar refractivity (Wildman–Crippen MR) is 124 cm³/mol. The quantitative estimate of drug-likeness (QED) is 0.307. The molecule has 1 atom stereocenters. The summed E-state index contributed by atoms with van der Waals surface area (Å²) < 4.78 is 10.4. The predicted octanol–water partition coefficient (Wildman–Crippen LogP) is 3.80. The molecule has 0 aromatic heterocycles. The van der Waals surface area contributed by atoms with E-state index in [1.165, 1.54) is 25.3 Å². The molecule has 2 aromatic carbocycles. The number of rotatable bonds is 7. The van der Waals surface area contributed by atoms with Crippen molar-refractivity contribution in [2.45, 2.75) is 26.3 Å². The Morgan fingerprint density at radius 3 is 2.14 bits per heavy atom. The van der Waals surface area contributed by atoms with Crippen molar-refractivity contribution in [3.8, 4) is 17.2 Å². The Hall–Kier alpha value is -2.16. The molecule has 2 rings (SSSR count). The Balaban J connectivity index is 0.00000392. The molecule has 0 amide bonds. The smallest absolute Gasteiger partial charge is 0.200 e. The van der Waals surface area contributed by atoms with Crippen molar-refractivity contribution in [3.63, 3.8) is 0 Å². The highest BCUT2D eigenvalue weighted by Gasteiger charge is 2.12. The summed E-state index contributed by atoms with van der Waals surface area (Å²) in [4.78, 5) is 4.27. The van der Waals surface area contributed by atoms with Crippen LogP contribution in [0, 0.1) is 6.92 Å². The van der Waals surface area contributed by atoms with E-state index in [1.807, 2.05) is 0 Å². The van der Waals surface area contributed by atoms with E-state index in [4.69, 9.17) is 9.47 Å². The third kappa shape index (κ3) is 6.47. The van der Waals surface area contributed by atoms with Crippen molar-refractivity contribution in [2.24, 2.45) is 4.99 Å². The summed E-state index contributed by atoms with van der Waals surface area (Å²) in [6.07, 6.45) is 0. The van der Waals surface area contributed by atoms with Crippen molar-refractivity contribution >= 4 is 29.9 Å². The van der Waals surface area contributed by atoms with E-state index in [-0.39, 0.29) is 29.7 Å². The molecule has 0 bridgehead atoms. The number of nitrogens with zero attached hydrogens (tertiary/aromatic N) is 1. The van der Waals surface area contributed by atoms with Crippen LogP contribution >= 0.6 is 24.0 Å². The van der Waals surface area contributed by atoms with E-state index >= 15 is 0 Å². The van der Waals surface area contributed by atoms with Gasteiger partial charge in [-0.2, -0.15) is 0 Å². The number of aryl methyl sites for hydroxylation is 1. The molecular formula is C21H30IN3O3. The molecule has 154 valence electrons. The molecule has 7 heteroatoms. The lowest BCUT2D eigenvalue weighted by Gasteiger charge is -2.17. The molecule has 0 aliphatic rings. The zero-order valence-corrected chi connectivity index (χ0v) is 19.4. The third-order valence-electron chi connectivity index (χ3n) is 4.45. The molecule has 0 spiro atoms. The molecule has 0 heterocycles. The second-order valence-corrected chi connectivity index (χ2v) is 6.47. The van der Waals surface area contributed by atoms with Gasteiger partial charge < -0.3 is 25.2 Å². The molecule has 0 aliphatic carbocycles. The Bertz CT molecular complexity index is 754. The first-order valence-corrected chi connectivity index (χ1v) is 8.93. The van der Waals surface area contributed by atoms with E-state index in [1.54, 1.807) is 19.2 Å². The number of benzene rings is 2. The number of hydrogen-bond donors (Lipinski definition) is 3. The van der Waals surface area contributed by atoms with E-state index in [0.717, 1.165) is 12.1 Å². The highest BCUT2D eigenvalue weighted by molar-refractivity contribution is 14.0. The van der Waals surface area contributed by atoms with Gasteiger partial charge in [0, 0.05) is 20.1 Å². The minimum absolute atomic E-state index is 0. The maximum absolute atomic E-state index is 10.0. The maximum Gasteiger partial charge on any atom is 0.200 e. The lowest BCUT2D eigenvalue weighted by Crippen LogP contribution is -2.38. The first-order valence-electron chi connectivity index (χ1n) is 8.93. The van der Waals surface area contributed by atoms with Crippen LogP contribution in [0.3, 0.4) is 0 Å². The summed E-state index contributed by atoms with van der Waals surface area (Å²) in [6, 6.07) is 12.1. The van der Waals surface area contributed by atoms with Crippen LogP contribution in [-0.4, -0.2) is 38.9 Å². The van der Waals surface area contributed by atoms with E-state index in [2.05, 4.69) is 53.7 Å². The standard InChI is InChI=1S/C21H29N3O3.HI/c1-14-6-8-17(9-7-14)15(2)12-23-21(22-3)24-13-16-10-18(26-4)20(25)19(11-16)27-5;/h6-11,15,25H,12-13H2,1-5H3,(H2,22,23,24);1H. The maximum atomic E-state index is 10.0. The fourth-order valence-corrected chi connectivity index (χ4v) is 2.72. The summed E-state index contributed by atoms with van der Waals surface area (Å²) in [5, 5.41) is 16.6. The van der Waals surface area contributed by atoms with Gasteiger partial charge in [0.05, 0.1) is 14.2 Å². The Morgan fingerprint density at radius 2 is 1.64 bits per heavy atom. The summed E-state index contributed by atoms with van der Waals surface area (Å²) >= 11 is 0. The largest absolute Gasteiger partial charge is 0.502 e. The van der Waals surface area contributed by atoms with Crippen LogP contribution in [0.2, 0.25) is 0 Å². The minimum atomic E-state index is -0.00169. The number of ether oxygens (including phenoxy) is 2. The van der Waals surface area contributed by atoms with Crippen molar-refractivity contribution < 1.29 is 14.6 Å². The van der Waals surface area contributed by atoms with Gasteiger partial charge in [-0.1, -0.05) is 36.8 Å². The van der Waals surface area contributed by atoms with E-state index in [0.29, 0.717) is 29.9 Å². The van der Waals surface area contributed by atoms with Gasteiger partial charge in [-0.3, -0.25) is 4.99 Å². The lowest BCUT2D eigenvalue weighted by molar-refractivity contribution is 0.339. The molecule has 2 aromatic rings. The van der Waals surface area contributed by atoms with Crippen LogP contribution in [0.5, 0.6) is 17.2 Å². The third-order valence-corrected chi connectivity index (χ3v) is 4.45. The van der Waals surface area contributed by atoms with Crippen molar-refractivity contribution in [2.75, 3.05) is 27.8 Å². The van der Waals surface area contributed by atoms with Crippen molar-refractivity contribution in [3.05, 3.63) is 53.1 Å². The molecule has 1 unspecified atom stereocenters. The highest BCUT2D eigenvalue weighted by atomic mass is 127. The number of aromatic hydroxyl groups is 1. The zero-order chi connectivity index (χ0) is 19.8. The topological polar surface area (TPSA) is 75.1 Å². The molecule has 0 aliphatic heterocycles. The normalized spacial score (nSPS) is 12.0. The van der Waals surface area contributed by atoms with E-state index < -0.39 is 0 Å². The zero-order valence-electron chi connectivity index (χ0n) is 17.1. The average molecular weight is 499 g/mol. The van der Waals surface area contributed by atoms with Crippen LogP contribution in [0.15, 0.2) is 41.4 Å². The molecule has 0 radical (unpaired) electrons. The van der Waals surface area contributed by atoms with Gasteiger partial charge >= 0.3 is 0 Å². The number of halogens is 1. The first-order chi connectivity index (χ1) is 13.0. The summed E-state index contributed by atoms with van der Waals surface area (Å²) in [7, 11) is 4.77. The molecule has 0 saturated heterocycles. The molecular weight excluding hydrogens is 469 g/mol. The summed E-state index contributed by atoms with van der Waals surface area (Å²) in [6.45, 7) is 5.56. The van der Waals surface area contributed by atoms with Gasteiger partial charge in [0.15, 0.2) is 17.5 Å². The van der Waals surface area contributed by atoms with Gasteiger partial charge in [-0.15, -0.1) is 24.0 Å². The number of phenols is 1. The molecule has 28 heavy (non-hydrogen) atoms. The second-order valence-electron chi connectivity index (χ2n) is 6.47. The fourth-order valence-electron chi connectivity index (χ4n) is 2.72. The van der Waals surface area contributed by atoms with Crippen molar-refractivity contribution in [1.29, 1.82) is 0 Å². The number of methoxy groups -OCH3 is 2. The molecule has 3 N–H and O–H groups in total. The van der Waals surface area contributed by atoms with Crippen LogP contribution in [0.25, 0.3) is 0 Å². The Kier molecular flexibility index (Phi) is 9.92. The highest BCUT2D eigenvalue weighted by Crippen LogP contribution is 2.36. The molecule has 0 fully saturated rings. The van der Waals surface area contributed by atoms with Crippen molar-refractivity contribution in [1.82, 2.24) is 10.6 Å². The average Bonchev–Trinajstić information content (AvgIpc) is 2.69. The summed E-state index contributed by atoms with van der Waals surface area (Å²) in [5.74, 6) is 1.82. The lowest BCUT2D eigenvalue weighted by atomic mass is 10.0. The number of aliphatic imine (C=N–C) groups is 1. The van der Waals surface area contributed by atoms with Crippen LogP contribution in [-0.2, 0) is 6.54 Å². The molecule has 6 nitrogen and oxygen atoms in total. The number of phenolic OH excluding ortho intramolecular Hbond substituents is 1. The SMILES string of the molecule is CN=C(NCc1cc(OC)c(O)c(OC)c1)NCC(C)c1ccc(C)cc1.I. The fraction of sp³-hybridized carbons (Fsp3) is 0.381. The van der Waals surface area contributed by atoms with Gasteiger partial charge in [0.2, 0.25) is 5.75 Å². The second kappa shape index (κ2) is 11.6. The van der Waals surface area contributed by atoms with Crippen LogP contribution in [0.4, 0.5) is 0 Å². The monoisotopic (exact) mass is 499 g/mol. The van der Waals surface area contributed by atoms with Crippen LogP contribution in [0.1, 0.15) is 29.5 Å². The number of nitrogens with one attached hydrogen (secondary N) is 2. The minimum Gasteiger partial charge on any atom is -0.502 e. The summed E-state index contributed by atoms with van der Waals surface area (Å²) in [5.41, 5.74) is 3.46. The van der Waals surface area contributed by atoms with Gasteiger partial charge in [-0.25, -0.2) is 0 Å². The van der Waals surface area contributed by atoms with Crippen LogP contribution < -0.4 is 20.1 Å². The Labute approximate surface area is 184 Å². The number of hydrogen-bond acceptors (Lipinski definition) is 4. The van der Waals surface area contributed by atoms with Gasteiger partial charge in [0.25, 0.3) is 0 Å².